The first-order chi connectivity index (χ1) is 11.6. The van der Waals surface area contributed by atoms with Gasteiger partial charge in [0.05, 0.1) is 17.6 Å². The Morgan fingerprint density at radius 2 is 2.16 bits per heavy atom. The molecule has 5 rings (SSSR count). The number of carbonyl (C=O) groups excluding carboxylic acids is 1. The quantitative estimate of drug-likeness (QED) is 0.484. The van der Waals surface area contributed by atoms with Crippen LogP contribution in [0.2, 0.25) is 0 Å². The number of esters is 1. The normalized spacial score (nSPS) is 58.0. The van der Waals surface area contributed by atoms with E-state index >= 15 is 0 Å². The summed E-state index contributed by atoms with van der Waals surface area (Å²) in [6, 6.07) is 0. The van der Waals surface area contributed by atoms with Crippen molar-refractivity contribution in [2.24, 2.45) is 28.6 Å². The molecule has 4 bridgehead atoms. The molecule has 6 heteroatoms. The van der Waals surface area contributed by atoms with Crippen LogP contribution in [0.4, 0.5) is 0 Å². The molecule has 0 radical (unpaired) electrons. The molecule has 0 amide bonds. The predicted molar refractivity (Wildman–Crippen MR) is 85.2 cm³/mol. The molecule has 4 fully saturated rings. The number of aliphatic hydroxyl groups is 2. The third-order valence-electron chi connectivity index (χ3n) is 8.12. The maximum atomic E-state index is 12.7. The van der Waals surface area contributed by atoms with Gasteiger partial charge in [0, 0.05) is 11.8 Å². The molecule has 6 nitrogen and oxygen atoms in total. The Morgan fingerprint density at radius 3 is 2.84 bits per heavy atom. The van der Waals surface area contributed by atoms with Gasteiger partial charge in [-0.25, -0.2) is 0 Å². The van der Waals surface area contributed by atoms with Crippen LogP contribution in [-0.4, -0.2) is 44.6 Å². The summed E-state index contributed by atoms with van der Waals surface area (Å²) in [7, 11) is 0. The highest BCUT2D eigenvalue weighted by molar-refractivity contribution is 5.86. The van der Waals surface area contributed by atoms with Crippen LogP contribution in [0.25, 0.3) is 0 Å². The summed E-state index contributed by atoms with van der Waals surface area (Å²) in [4.78, 5) is 25.1. The third kappa shape index (κ3) is 1.36. The highest BCUT2D eigenvalue weighted by Crippen LogP contribution is 2.77. The number of carboxylic acid groups (broad SMARTS) is 1. The van der Waals surface area contributed by atoms with Gasteiger partial charge in [-0.3, -0.25) is 9.59 Å². The third-order valence-corrected chi connectivity index (χ3v) is 8.12. The number of hydrogen-bond donors (Lipinski definition) is 3. The minimum Gasteiger partial charge on any atom is -0.481 e. The smallest absolute Gasteiger partial charge is 0.316 e. The molecule has 1 saturated heterocycles. The van der Waals surface area contributed by atoms with Crippen molar-refractivity contribution in [1.29, 1.82) is 0 Å². The zero-order valence-electron chi connectivity index (χ0n) is 14.1. The van der Waals surface area contributed by atoms with Crippen LogP contribution in [-0.2, 0) is 14.3 Å². The van der Waals surface area contributed by atoms with E-state index in [-0.39, 0.29) is 5.92 Å². The van der Waals surface area contributed by atoms with E-state index in [1.807, 2.05) is 0 Å². The van der Waals surface area contributed by atoms with Gasteiger partial charge in [0.25, 0.3) is 0 Å². The standard InChI is InChI=1S/C19H22O6/c1-9-7-17-8-18(9,24)5-3-10(17)19-6-4-11(20)16(2,15(23)25-19)13(19)12(17)14(21)22/h4,6,10-13,20,24H,1,3,5,7-8H2,2H3,(H,21,22)/t10-,11+,12+,13-,16-,17+,18+,19-/m0/s1. The second kappa shape index (κ2) is 4.01. The van der Waals surface area contributed by atoms with E-state index in [9.17, 15) is 24.9 Å². The Balaban J connectivity index is 1.78. The van der Waals surface area contributed by atoms with Crippen molar-refractivity contribution in [3.63, 3.8) is 0 Å². The molecule has 0 aromatic rings. The second-order valence-corrected chi connectivity index (χ2v) is 8.94. The topological polar surface area (TPSA) is 104 Å². The lowest BCUT2D eigenvalue weighted by molar-refractivity contribution is -0.163. The first-order valence-corrected chi connectivity index (χ1v) is 8.86. The van der Waals surface area contributed by atoms with Crippen molar-refractivity contribution in [2.45, 2.75) is 49.9 Å². The van der Waals surface area contributed by atoms with Crippen LogP contribution < -0.4 is 0 Å². The van der Waals surface area contributed by atoms with Crippen molar-refractivity contribution in [3.8, 4) is 0 Å². The van der Waals surface area contributed by atoms with Crippen molar-refractivity contribution in [2.75, 3.05) is 0 Å². The number of aliphatic carboxylic acids is 1. The molecular formula is C19H22O6. The van der Waals surface area contributed by atoms with Gasteiger partial charge in [-0.05, 0) is 49.7 Å². The molecule has 1 aliphatic heterocycles. The Bertz CT molecular complexity index is 772. The van der Waals surface area contributed by atoms with Gasteiger partial charge in [0.15, 0.2) is 0 Å². The van der Waals surface area contributed by atoms with Gasteiger partial charge in [0.1, 0.15) is 11.0 Å². The average Bonchev–Trinajstić information content (AvgIpc) is 2.95. The minimum absolute atomic E-state index is 0.180. The lowest BCUT2D eigenvalue weighted by atomic mass is 9.61. The Labute approximate surface area is 145 Å². The van der Waals surface area contributed by atoms with Crippen molar-refractivity contribution < 1.29 is 29.6 Å². The zero-order valence-corrected chi connectivity index (χ0v) is 14.1. The number of ether oxygens (including phenoxy) is 1. The maximum absolute atomic E-state index is 12.7. The Kier molecular flexibility index (Phi) is 2.50. The lowest BCUT2D eigenvalue weighted by Crippen LogP contribution is -2.50. The molecule has 1 spiro atoms. The number of rotatable bonds is 1. The largest absolute Gasteiger partial charge is 0.481 e. The van der Waals surface area contributed by atoms with E-state index in [4.69, 9.17) is 4.74 Å². The van der Waals surface area contributed by atoms with Crippen molar-refractivity contribution in [1.82, 2.24) is 0 Å². The summed E-state index contributed by atoms with van der Waals surface area (Å²) < 4.78 is 5.87. The van der Waals surface area contributed by atoms with E-state index in [1.165, 1.54) is 0 Å². The van der Waals surface area contributed by atoms with E-state index < -0.39 is 51.9 Å². The van der Waals surface area contributed by atoms with Crippen LogP contribution in [0.15, 0.2) is 24.3 Å². The highest BCUT2D eigenvalue weighted by Gasteiger charge is 2.83. The molecule has 0 unspecified atom stereocenters. The van der Waals surface area contributed by atoms with E-state index in [2.05, 4.69) is 6.58 Å². The van der Waals surface area contributed by atoms with Crippen molar-refractivity contribution in [3.05, 3.63) is 24.3 Å². The summed E-state index contributed by atoms with van der Waals surface area (Å²) in [6.45, 7) is 5.64. The fourth-order valence-corrected chi connectivity index (χ4v) is 7.13. The Morgan fingerprint density at radius 1 is 1.44 bits per heavy atom. The molecule has 0 aromatic heterocycles. The first-order valence-electron chi connectivity index (χ1n) is 8.86. The second-order valence-electron chi connectivity index (χ2n) is 8.94. The molecule has 25 heavy (non-hydrogen) atoms. The summed E-state index contributed by atoms with van der Waals surface area (Å²) in [5, 5.41) is 31.6. The van der Waals surface area contributed by atoms with Gasteiger partial charge < -0.3 is 20.1 Å². The molecule has 0 aromatic carbocycles. The number of carboxylic acids is 1. The van der Waals surface area contributed by atoms with Crippen LogP contribution in [0.3, 0.4) is 0 Å². The van der Waals surface area contributed by atoms with Gasteiger partial charge in [-0.1, -0.05) is 12.7 Å². The first kappa shape index (κ1) is 15.6. The highest BCUT2D eigenvalue weighted by atomic mass is 16.6. The van der Waals surface area contributed by atoms with Gasteiger partial charge in [0.2, 0.25) is 0 Å². The van der Waals surface area contributed by atoms with E-state index in [0.717, 1.165) is 0 Å². The van der Waals surface area contributed by atoms with Crippen LogP contribution in [0.1, 0.15) is 32.6 Å². The van der Waals surface area contributed by atoms with Crippen molar-refractivity contribution >= 4 is 11.9 Å². The number of fused-ring (bicyclic) bond motifs is 1. The molecule has 8 atom stereocenters. The van der Waals surface area contributed by atoms with Gasteiger partial charge in [-0.15, -0.1) is 0 Å². The molecular weight excluding hydrogens is 324 g/mol. The number of carbonyl (C=O) groups is 2. The summed E-state index contributed by atoms with van der Waals surface area (Å²) in [5.74, 6) is -3.18. The average molecular weight is 346 g/mol. The lowest BCUT2D eigenvalue weighted by Gasteiger charge is -2.44. The zero-order chi connectivity index (χ0) is 18.0. The van der Waals surface area contributed by atoms with Crippen LogP contribution in [0.5, 0.6) is 0 Å². The predicted octanol–water partition coefficient (Wildman–Crippen LogP) is 1.03. The molecule has 1 heterocycles. The van der Waals surface area contributed by atoms with Crippen LogP contribution >= 0.6 is 0 Å². The fourth-order valence-electron chi connectivity index (χ4n) is 7.13. The maximum Gasteiger partial charge on any atom is 0.316 e. The van der Waals surface area contributed by atoms with E-state index in [1.54, 1.807) is 19.1 Å². The summed E-state index contributed by atoms with van der Waals surface area (Å²) in [5.41, 5.74) is -3.29. The Hall–Kier alpha value is -1.66. The molecule has 4 aliphatic carbocycles. The summed E-state index contributed by atoms with van der Waals surface area (Å²) >= 11 is 0. The minimum atomic E-state index is -1.27. The van der Waals surface area contributed by atoms with E-state index in [0.29, 0.717) is 31.3 Å². The number of hydrogen-bond acceptors (Lipinski definition) is 5. The molecule has 3 N–H and O–H groups in total. The SMILES string of the molecule is C=C1C[C@@]23C[C@]1(O)CC[C@@H]2[C@]12C=C[C@@H](O)[C@](C)(C(=O)O1)[C@@H]2[C@@H]3C(=O)O. The monoisotopic (exact) mass is 346 g/mol. The molecule has 5 aliphatic rings. The molecule has 3 saturated carbocycles. The van der Waals surface area contributed by atoms with Gasteiger partial charge in [-0.2, -0.15) is 0 Å². The fraction of sp³-hybridized carbons (Fsp3) is 0.684. The number of aliphatic hydroxyl groups excluding tert-OH is 1. The van der Waals surface area contributed by atoms with Crippen LogP contribution in [0, 0.1) is 28.6 Å². The van der Waals surface area contributed by atoms with Gasteiger partial charge >= 0.3 is 11.9 Å². The summed E-state index contributed by atoms with van der Waals surface area (Å²) in [6.07, 6.45) is 4.11. The molecule has 134 valence electrons.